The van der Waals surface area contributed by atoms with Gasteiger partial charge >= 0.3 is 0 Å². The molecule has 106 valence electrons. The minimum Gasteiger partial charge on any atom is -0.497 e. The van der Waals surface area contributed by atoms with Crippen molar-refractivity contribution in [2.45, 2.75) is 38.6 Å². The molecule has 1 heterocycles. The number of hydrogen-bond acceptors (Lipinski definition) is 4. The smallest absolute Gasteiger partial charge is 0.183 e. The van der Waals surface area contributed by atoms with Crippen LogP contribution in [0.15, 0.2) is 24.3 Å². The van der Waals surface area contributed by atoms with Crippen molar-refractivity contribution in [3.8, 4) is 17.0 Å². The van der Waals surface area contributed by atoms with Crippen molar-refractivity contribution in [3.05, 3.63) is 29.1 Å². The van der Waals surface area contributed by atoms with E-state index in [-0.39, 0.29) is 0 Å². The molecule has 0 aliphatic heterocycles. The van der Waals surface area contributed by atoms with Gasteiger partial charge in [-0.3, -0.25) is 0 Å². The summed E-state index contributed by atoms with van der Waals surface area (Å²) in [5.41, 5.74) is 2.23. The second kappa shape index (κ2) is 5.83. The molecule has 1 fully saturated rings. The Labute approximate surface area is 124 Å². The van der Waals surface area contributed by atoms with E-state index in [1.54, 1.807) is 18.4 Å². The number of rotatable bonds is 4. The Bertz CT molecular complexity index is 571. The van der Waals surface area contributed by atoms with E-state index in [4.69, 9.17) is 9.72 Å². The lowest BCUT2D eigenvalue weighted by Gasteiger charge is -2.09. The second-order valence-electron chi connectivity index (χ2n) is 5.28. The molecule has 0 saturated heterocycles. The number of benzene rings is 1. The fourth-order valence-electron chi connectivity index (χ4n) is 2.72. The Morgan fingerprint density at radius 3 is 2.55 bits per heavy atom. The monoisotopic (exact) mass is 288 g/mol. The van der Waals surface area contributed by atoms with Crippen LogP contribution in [0.2, 0.25) is 0 Å². The number of aromatic nitrogens is 1. The molecule has 1 aliphatic carbocycles. The zero-order valence-corrected chi connectivity index (χ0v) is 12.8. The summed E-state index contributed by atoms with van der Waals surface area (Å²) in [6, 6.07) is 8.72. The third kappa shape index (κ3) is 2.80. The van der Waals surface area contributed by atoms with Crippen LogP contribution in [-0.2, 0) is 0 Å². The molecule has 3 nitrogen and oxygen atoms in total. The predicted octanol–water partition coefficient (Wildman–Crippen LogP) is 4.48. The summed E-state index contributed by atoms with van der Waals surface area (Å²) in [5.74, 6) is 0.880. The third-order valence-corrected chi connectivity index (χ3v) is 4.74. The van der Waals surface area contributed by atoms with E-state index in [9.17, 15) is 0 Å². The summed E-state index contributed by atoms with van der Waals surface area (Å²) in [4.78, 5) is 6.03. The van der Waals surface area contributed by atoms with Gasteiger partial charge in [0.2, 0.25) is 0 Å². The highest BCUT2D eigenvalue weighted by Crippen LogP contribution is 2.33. The lowest BCUT2D eigenvalue weighted by molar-refractivity contribution is 0.415. The highest BCUT2D eigenvalue weighted by molar-refractivity contribution is 7.16. The van der Waals surface area contributed by atoms with Crippen molar-refractivity contribution < 1.29 is 4.74 Å². The minimum atomic E-state index is 0.615. The molecular weight excluding hydrogens is 268 g/mol. The standard InChI is InChI=1S/C16H20N2OS/c1-11-15(12-7-9-14(19-2)10-8-12)18-16(20-11)17-13-5-3-4-6-13/h7-10,13H,3-6H2,1-2H3,(H,17,18). The van der Waals surface area contributed by atoms with E-state index in [1.807, 2.05) is 12.1 Å². The Morgan fingerprint density at radius 2 is 1.90 bits per heavy atom. The van der Waals surface area contributed by atoms with Crippen LogP contribution in [-0.4, -0.2) is 18.1 Å². The SMILES string of the molecule is COc1ccc(-c2nc(NC3CCCC3)sc2C)cc1. The maximum Gasteiger partial charge on any atom is 0.183 e. The third-order valence-electron chi connectivity index (χ3n) is 3.84. The number of aryl methyl sites for hydroxylation is 1. The van der Waals surface area contributed by atoms with Crippen LogP contribution in [0.1, 0.15) is 30.6 Å². The van der Waals surface area contributed by atoms with Crippen LogP contribution < -0.4 is 10.1 Å². The summed E-state index contributed by atoms with van der Waals surface area (Å²) in [6.45, 7) is 2.14. The highest BCUT2D eigenvalue weighted by atomic mass is 32.1. The lowest BCUT2D eigenvalue weighted by atomic mass is 10.1. The van der Waals surface area contributed by atoms with E-state index in [2.05, 4.69) is 24.4 Å². The lowest BCUT2D eigenvalue weighted by Crippen LogP contribution is -2.13. The second-order valence-corrected chi connectivity index (χ2v) is 6.48. The number of anilines is 1. The van der Waals surface area contributed by atoms with Gasteiger partial charge in [-0.1, -0.05) is 12.8 Å². The largest absolute Gasteiger partial charge is 0.497 e. The van der Waals surface area contributed by atoms with E-state index >= 15 is 0 Å². The molecule has 1 aromatic carbocycles. The Morgan fingerprint density at radius 1 is 1.20 bits per heavy atom. The Balaban J connectivity index is 1.80. The minimum absolute atomic E-state index is 0.615. The highest BCUT2D eigenvalue weighted by Gasteiger charge is 2.17. The van der Waals surface area contributed by atoms with Gasteiger partial charge in [0.15, 0.2) is 5.13 Å². The molecule has 4 heteroatoms. The Hall–Kier alpha value is -1.55. The van der Waals surface area contributed by atoms with E-state index < -0.39 is 0 Å². The summed E-state index contributed by atoms with van der Waals surface area (Å²) >= 11 is 1.75. The molecular formula is C16H20N2OS. The van der Waals surface area contributed by atoms with Crippen LogP contribution in [0, 0.1) is 6.92 Å². The fraction of sp³-hybridized carbons (Fsp3) is 0.438. The van der Waals surface area contributed by atoms with Gasteiger partial charge in [0.05, 0.1) is 12.8 Å². The van der Waals surface area contributed by atoms with Crippen molar-refractivity contribution in [3.63, 3.8) is 0 Å². The van der Waals surface area contributed by atoms with Crippen molar-refractivity contribution in [2.24, 2.45) is 0 Å². The molecule has 1 aromatic heterocycles. The van der Waals surface area contributed by atoms with E-state index in [1.165, 1.54) is 30.6 Å². The maximum atomic E-state index is 5.20. The first kappa shape index (κ1) is 13.4. The zero-order valence-electron chi connectivity index (χ0n) is 12.0. The Kier molecular flexibility index (Phi) is 3.92. The topological polar surface area (TPSA) is 34.1 Å². The molecule has 0 amide bonds. The zero-order chi connectivity index (χ0) is 13.9. The quantitative estimate of drug-likeness (QED) is 0.900. The molecule has 0 radical (unpaired) electrons. The van der Waals surface area contributed by atoms with Crippen molar-refractivity contribution >= 4 is 16.5 Å². The maximum absolute atomic E-state index is 5.20. The summed E-state index contributed by atoms with van der Waals surface area (Å²) in [7, 11) is 1.69. The number of ether oxygens (including phenoxy) is 1. The van der Waals surface area contributed by atoms with Gasteiger partial charge in [0.25, 0.3) is 0 Å². The van der Waals surface area contributed by atoms with Gasteiger partial charge in [-0.2, -0.15) is 0 Å². The number of thiazole rings is 1. The molecule has 0 bridgehead atoms. The number of methoxy groups -OCH3 is 1. The van der Waals surface area contributed by atoms with Crippen LogP contribution in [0.5, 0.6) is 5.75 Å². The van der Waals surface area contributed by atoms with Crippen molar-refractivity contribution in [1.82, 2.24) is 4.98 Å². The summed E-state index contributed by atoms with van der Waals surface area (Å²) in [5, 5.41) is 4.63. The first-order valence-electron chi connectivity index (χ1n) is 7.14. The van der Waals surface area contributed by atoms with Gasteiger partial charge in [-0.15, -0.1) is 11.3 Å². The molecule has 1 aliphatic rings. The van der Waals surface area contributed by atoms with E-state index in [0.717, 1.165) is 22.1 Å². The summed E-state index contributed by atoms with van der Waals surface area (Å²) < 4.78 is 5.20. The summed E-state index contributed by atoms with van der Waals surface area (Å²) in [6.07, 6.45) is 5.23. The van der Waals surface area contributed by atoms with Gasteiger partial charge in [0.1, 0.15) is 5.75 Å². The van der Waals surface area contributed by atoms with Crippen LogP contribution in [0.3, 0.4) is 0 Å². The van der Waals surface area contributed by atoms with Gasteiger partial charge in [-0.05, 0) is 44.0 Å². The van der Waals surface area contributed by atoms with Gasteiger partial charge < -0.3 is 10.1 Å². The average Bonchev–Trinajstić information content (AvgIpc) is 3.09. The molecule has 1 saturated carbocycles. The molecule has 0 atom stereocenters. The van der Waals surface area contributed by atoms with Crippen molar-refractivity contribution in [1.29, 1.82) is 0 Å². The van der Waals surface area contributed by atoms with Crippen molar-refractivity contribution in [2.75, 3.05) is 12.4 Å². The normalized spacial score (nSPS) is 15.5. The molecule has 0 unspecified atom stereocenters. The predicted molar refractivity (Wildman–Crippen MR) is 84.7 cm³/mol. The van der Waals surface area contributed by atoms with Crippen LogP contribution in [0.25, 0.3) is 11.3 Å². The molecule has 3 rings (SSSR count). The molecule has 0 spiro atoms. The fourth-order valence-corrected chi connectivity index (χ4v) is 3.63. The van der Waals surface area contributed by atoms with Crippen LogP contribution >= 0.6 is 11.3 Å². The van der Waals surface area contributed by atoms with E-state index in [0.29, 0.717) is 6.04 Å². The molecule has 20 heavy (non-hydrogen) atoms. The molecule has 1 N–H and O–H groups in total. The first-order chi connectivity index (χ1) is 9.76. The van der Waals surface area contributed by atoms with Gasteiger partial charge in [0, 0.05) is 16.5 Å². The first-order valence-corrected chi connectivity index (χ1v) is 7.96. The van der Waals surface area contributed by atoms with Crippen LogP contribution in [0.4, 0.5) is 5.13 Å². The average molecular weight is 288 g/mol. The number of nitrogens with one attached hydrogen (secondary N) is 1. The number of nitrogens with zero attached hydrogens (tertiary/aromatic N) is 1. The van der Waals surface area contributed by atoms with Gasteiger partial charge in [-0.25, -0.2) is 4.98 Å². The number of hydrogen-bond donors (Lipinski definition) is 1. The molecule has 2 aromatic rings.